The third-order valence-electron chi connectivity index (χ3n) is 3.96. The van der Waals surface area contributed by atoms with E-state index in [0.29, 0.717) is 31.2 Å². The minimum absolute atomic E-state index is 0.211. The molecule has 0 bridgehead atoms. The van der Waals surface area contributed by atoms with Gasteiger partial charge in [0.25, 0.3) is 5.91 Å². The van der Waals surface area contributed by atoms with E-state index in [2.05, 4.69) is 19.2 Å². The zero-order valence-electron chi connectivity index (χ0n) is 15.5. The normalized spacial score (nSPS) is 11.9. The Balaban J connectivity index is 1.81. The van der Waals surface area contributed by atoms with E-state index in [9.17, 15) is 9.18 Å². The molecule has 1 atom stereocenters. The number of benzene rings is 2. The molecular weight excluding hydrogens is 333 g/mol. The first-order chi connectivity index (χ1) is 12.5. The monoisotopic (exact) mass is 359 g/mol. The molecule has 1 amide bonds. The molecule has 4 nitrogen and oxygen atoms in total. The van der Waals surface area contributed by atoms with Crippen LogP contribution in [0.3, 0.4) is 0 Å². The van der Waals surface area contributed by atoms with Gasteiger partial charge in [0.05, 0.1) is 6.54 Å². The Morgan fingerprint density at radius 2 is 1.81 bits per heavy atom. The van der Waals surface area contributed by atoms with Crippen LogP contribution >= 0.6 is 0 Å². The van der Waals surface area contributed by atoms with Crippen LogP contribution in [0.4, 0.5) is 4.39 Å². The van der Waals surface area contributed by atoms with Crippen LogP contribution in [0.25, 0.3) is 0 Å². The second-order valence-corrected chi connectivity index (χ2v) is 6.30. The minimum atomic E-state index is -0.622. The van der Waals surface area contributed by atoms with Crippen molar-refractivity contribution in [1.82, 2.24) is 5.32 Å². The van der Waals surface area contributed by atoms with Crippen LogP contribution < -0.4 is 14.8 Å². The Bertz CT molecular complexity index is 701. The summed E-state index contributed by atoms with van der Waals surface area (Å²) in [5.41, 5.74) is 1.14. The first kappa shape index (κ1) is 19.8. The van der Waals surface area contributed by atoms with E-state index < -0.39 is 6.10 Å². The molecule has 0 saturated carbocycles. The van der Waals surface area contributed by atoms with Gasteiger partial charge in [0.1, 0.15) is 23.9 Å². The Morgan fingerprint density at radius 3 is 2.46 bits per heavy atom. The summed E-state index contributed by atoms with van der Waals surface area (Å²) in [5.74, 6) is 1.13. The predicted octanol–water partition coefficient (Wildman–Crippen LogP) is 4.30. The highest BCUT2D eigenvalue weighted by Gasteiger charge is 2.18. The molecular formula is C21H26FNO3. The van der Waals surface area contributed by atoms with E-state index in [1.54, 1.807) is 0 Å². The van der Waals surface area contributed by atoms with Gasteiger partial charge in [-0.05, 0) is 48.2 Å². The number of para-hydroxylation sites is 1. The number of nitrogens with one attached hydrogen (secondary N) is 1. The van der Waals surface area contributed by atoms with Gasteiger partial charge in [0, 0.05) is 0 Å². The number of amides is 1. The van der Waals surface area contributed by atoms with Gasteiger partial charge in [0.15, 0.2) is 6.10 Å². The summed E-state index contributed by atoms with van der Waals surface area (Å²) in [5, 5.41) is 2.82. The standard InChI is InChI=1S/C21H26FNO3/c1-4-19(26-17-11-9-16(22)10-12-17)21(24)23-13-14-25-20-8-6-5-7-18(20)15(2)3/h5-12,15,19H,4,13-14H2,1-3H3,(H,23,24)/t19-/m1/s1. The van der Waals surface area contributed by atoms with Gasteiger partial charge in [-0.15, -0.1) is 0 Å². The lowest BCUT2D eigenvalue weighted by Gasteiger charge is -2.18. The molecule has 0 aliphatic rings. The lowest BCUT2D eigenvalue weighted by atomic mass is 10.0. The number of halogens is 1. The number of hydrogen-bond acceptors (Lipinski definition) is 3. The Morgan fingerprint density at radius 1 is 1.12 bits per heavy atom. The molecule has 0 saturated heterocycles. The van der Waals surface area contributed by atoms with Crippen LogP contribution in [0, 0.1) is 5.82 Å². The Kier molecular flexibility index (Phi) is 7.45. The predicted molar refractivity (Wildman–Crippen MR) is 100 cm³/mol. The average molecular weight is 359 g/mol. The quantitative estimate of drug-likeness (QED) is 0.679. The maximum Gasteiger partial charge on any atom is 0.261 e. The molecule has 140 valence electrons. The molecule has 0 heterocycles. The molecule has 1 N–H and O–H groups in total. The summed E-state index contributed by atoms with van der Waals surface area (Å²) in [6, 6.07) is 13.5. The number of hydrogen-bond donors (Lipinski definition) is 1. The Hall–Kier alpha value is -2.56. The van der Waals surface area contributed by atoms with Gasteiger partial charge >= 0.3 is 0 Å². The Labute approximate surface area is 154 Å². The summed E-state index contributed by atoms with van der Waals surface area (Å²) < 4.78 is 24.4. The number of ether oxygens (including phenoxy) is 2. The van der Waals surface area contributed by atoms with Crippen molar-refractivity contribution < 1.29 is 18.7 Å². The van der Waals surface area contributed by atoms with Crippen molar-refractivity contribution in [2.75, 3.05) is 13.2 Å². The minimum Gasteiger partial charge on any atom is -0.491 e. The summed E-state index contributed by atoms with van der Waals surface area (Å²) in [6.45, 7) is 6.85. The number of carbonyl (C=O) groups is 1. The fraction of sp³-hybridized carbons (Fsp3) is 0.381. The zero-order chi connectivity index (χ0) is 18.9. The third kappa shape index (κ3) is 5.76. The van der Waals surface area contributed by atoms with Crippen LogP contribution in [0.15, 0.2) is 48.5 Å². The second kappa shape index (κ2) is 9.80. The third-order valence-corrected chi connectivity index (χ3v) is 3.96. The fourth-order valence-electron chi connectivity index (χ4n) is 2.54. The molecule has 2 aromatic rings. The van der Waals surface area contributed by atoms with E-state index in [4.69, 9.17) is 9.47 Å². The van der Waals surface area contributed by atoms with Crippen molar-refractivity contribution in [3.8, 4) is 11.5 Å². The summed E-state index contributed by atoms with van der Waals surface area (Å²) in [6.07, 6.45) is -0.108. The second-order valence-electron chi connectivity index (χ2n) is 6.30. The highest BCUT2D eigenvalue weighted by Crippen LogP contribution is 2.25. The maximum absolute atomic E-state index is 12.9. The van der Waals surface area contributed by atoms with E-state index in [1.807, 2.05) is 31.2 Å². The summed E-state index contributed by atoms with van der Waals surface area (Å²) in [7, 11) is 0. The van der Waals surface area contributed by atoms with Gasteiger partial charge in [0.2, 0.25) is 0 Å². The lowest BCUT2D eigenvalue weighted by molar-refractivity contribution is -0.128. The first-order valence-corrected chi connectivity index (χ1v) is 8.93. The highest BCUT2D eigenvalue weighted by molar-refractivity contribution is 5.81. The van der Waals surface area contributed by atoms with Crippen molar-refractivity contribution in [1.29, 1.82) is 0 Å². The molecule has 0 aliphatic carbocycles. The van der Waals surface area contributed by atoms with Crippen LogP contribution in [0.5, 0.6) is 11.5 Å². The molecule has 0 radical (unpaired) electrons. The van der Waals surface area contributed by atoms with Gasteiger partial charge < -0.3 is 14.8 Å². The molecule has 5 heteroatoms. The molecule has 0 spiro atoms. The SMILES string of the molecule is CC[C@@H](Oc1ccc(F)cc1)C(=O)NCCOc1ccccc1C(C)C. The van der Waals surface area contributed by atoms with Crippen molar-refractivity contribution in [3.05, 3.63) is 59.9 Å². The molecule has 2 rings (SSSR count). The van der Waals surface area contributed by atoms with Crippen molar-refractivity contribution in [2.24, 2.45) is 0 Å². The van der Waals surface area contributed by atoms with Crippen LogP contribution in [0.2, 0.25) is 0 Å². The van der Waals surface area contributed by atoms with E-state index in [-0.39, 0.29) is 11.7 Å². The van der Waals surface area contributed by atoms with Crippen molar-refractivity contribution >= 4 is 5.91 Å². The lowest BCUT2D eigenvalue weighted by Crippen LogP contribution is -2.39. The smallest absolute Gasteiger partial charge is 0.261 e. The molecule has 0 fully saturated rings. The summed E-state index contributed by atoms with van der Waals surface area (Å²) in [4.78, 5) is 12.3. The molecule has 0 unspecified atom stereocenters. The van der Waals surface area contributed by atoms with E-state index in [1.165, 1.54) is 24.3 Å². The topological polar surface area (TPSA) is 47.6 Å². The van der Waals surface area contributed by atoms with Gasteiger partial charge in [-0.1, -0.05) is 39.0 Å². The fourth-order valence-corrected chi connectivity index (χ4v) is 2.54. The van der Waals surface area contributed by atoms with E-state index in [0.717, 1.165) is 11.3 Å². The molecule has 0 aromatic heterocycles. The number of rotatable bonds is 9. The first-order valence-electron chi connectivity index (χ1n) is 8.93. The number of carbonyl (C=O) groups excluding carboxylic acids is 1. The van der Waals surface area contributed by atoms with E-state index >= 15 is 0 Å². The maximum atomic E-state index is 12.9. The van der Waals surface area contributed by atoms with Crippen molar-refractivity contribution in [3.63, 3.8) is 0 Å². The van der Waals surface area contributed by atoms with Gasteiger partial charge in [-0.2, -0.15) is 0 Å². The average Bonchev–Trinajstić information content (AvgIpc) is 2.64. The molecule has 26 heavy (non-hydrogen) atoms. The van der Waals surface area contributed by atoms with Gasteiger partial charge in [-0.3, -0.25) is 4.79 Å². The van der Waals surface area contributed by atoms with Gasteiger partial charge in [-0.25, -0.2) is 4.39 Å². The summed E-state index contributed by atoms with van der Waals surface area (Å²) >= 11 is 0. The zero-order valence-corrected chi connectivity index (χ0v) is 15.5. The largest absolute Gasteiger partial charge is 0.491 e. The highest BCUT2D eigenvalue weighted by atomic mass is 19.1. The van der Waals surface area contributed by atoms with Crippen molar-refractivity contribution in [2.45, 2.75) is 39.2 Å². The van der Waals surface area contributed by atoms with Crippen LogP contribution in [-0.2, 0) is 4.79 Å². The molecule has 0 aliphatic heterocycles. The molecule has 2 aromatic carbocycles. The van der Waals surface area contributed by atoms with Crippen LogP contribution in [-0.4, -0.2) is 25.2 Å². The van der Waals surface area contributed by atoms with Crippen LogP contribution in [0.1, 0.15) is 38.7 Å².